The van der Waals surface area contributed by atoms with Crippen molar-refractivity contribution < 1.29 is 9.32 Å². The fraction of sp³-hybridized carbons (Fsp3) is 0.318. The summed E-state index contributed by atoms with van der Waals surface area (Å²) in [5, 5.41) is 4.09. The third-order valence-corrected chi connectivity index (χ3v) is 5.75. The molecule has 0 unspecified atom stereocenters. The molecule has 29 heavy (non-hydrogen) atoms. The second-order valence-electron chi connectivity index (χ2n) is 7.46. The molecule has 0 fully saturated rings. The number of nitrogens with zero attached hydrogens (tertiary/aromatic N) is 5. The van der Waals surface area contributed by atoms with Crippen LogP contribution in [-0.2, 0) is 13.1 Å². The fourth-order valence-corrected chi connectivity index (χ4v) is 4.32. The van der Waals surface area contributed by atoms with Crippen molar-refractivity contribution >= 4 is 16.9 Å². The molecule has 1 aliphatic heterocycles. The number of para-hydroxylation sites is 2. The van der Waals surface area contributed by atoms with E-state index in [1.165, 1.54) is 5.69 Å². The summed E-state index contributed by atoms with van der Waals surface area (Å²) in [5.41, 5.74) is 3.52. The lowest BCUT2D eigenvalue weighted by Gasteiger charge is -2.36. The number of rotatable bonds is 4. The van der Waals surface area contributed by atoms with Gasteiger partial charge in [0.1, 0.15) is 5.82 Å². The first-order valence-electron chi connectivity index (χ1n) is 9.99. The number of carbonyl (C=O) groups excluding carboxylic acids is 1. The van der Waals surface area contributed by atoms with Crippen LogP contribution in [0.2, 0.25) is 0 Å². The highest BCUT2D eigenvalue weighted by Gasteiger charge is 2.31. The summed E-state index contributed by atoms with van der Waals surface area (Å²) >= 11 is 0. The molecule has 0 spiro atoms. The summed E-state index contributed by atoms with van der Waals surface area (Å²) in [6, 6.07) is 13.9. The van der Waals surface area contributed by atoms with Gasteiger partial charge in [0.15, 0.2) is 11.5 Å². The summed E-state index contributed by atoms with van der Waals surface area (Å²) in [7, 11) is 0. The van der Waals surface area contributed by atoms with Crippen molar-refractivity contribution in [1.29, 1.82) is 0 Å². The van der Waals surface area contributed by atoms with Gasteiger partial charge < -0.3 is 18.6 Å². The maximum atomic E-state index is 13.2. The van der Waals surface area contributed by atoms with Gasteiger partial charge in [-0.2, -0.15) is 0 Å². The van der Waals surface area contributed by atoms with Gasteiger partial charge in [0.2, 0.25) is 0 Å². The van der Waals surface area contributed by atoms with Crippen LogP contribution in [0.3, 0.4) is 0 Å². The predicted octanol–water partition coefficient (Wildman–Crippen LogP) is 3.79. The van der Waals surface area contributed by atoms with Crippen LogP contribution < -0.4 is 0 Å². The monoisotopic (exact) mass is 389 g/mol. The van der Waals surface area contributed by atoms with Gasteiger partial charge in [-0.25, -0.2) is 4.98 Å². The zero-order valence-corrected chi connectivity index (χ0v) is 16.6. The predicted molar refractivity (Wildman–Crippen MR) is 109 cm³/mol. The van der Waals surface area contributed by atoms with E-state index in [0.29, 0.717) is 24.5 Å². The fourth-order valence-electron chi connectivity index (χ4n) is 4.32. The molecular weight excluding hydrogens is 366 g/mol. The van der Waals surface area contributed by atoms with E-state index in [4.69, 9.17) is 4.52 Å². The summed E-state index contributed by atoms with van der Waals surface area (Å²) in [6.45, 7) is 6.04. The van der Waals surface area contributed by atoms with Crippen LogP contribution in [0.5, 0.6) is 0 Å². The Labute approximate surface area is 168 Å². The van der Waals surface area contributed by atoms with Crippen molar-refractivity contribution in [3.05, 3.63) is 71.6 Å². The molecule has 1 aliphatic rings. The molecule has 1 atom stereocenters. The Morgan fingerprint density at radius 2 is 2.07 bits per heavy atom. The number of imidazole rings is 1. The van der Waals surface area contributed by atoms with Crippen molar-refractivity contribution in [2.75, 3.05) is 6.54 Å². The Morgan fingerprint density at radius 1 is 1.21 bits per heavy atom. The Hall–Kier alpha value is -3.35. The number of carbonyl (C=O) groups is 1. The molecule has 5 rings (SSSR count). The molecule has 4 heterocycles. The van der Waals surface area contributed by atoms with Gasteiger partial charge in [-0.1, -0.05) is 24.2 Å². The van der Waals surface area contributed by atoms with Gasteiger partial charge in [-0.3, -0.25) is 4.79 Å². The first kappa shape index (κ1) is 17.7. The molecule has 0 N–H and O–H groups in total. The summed E-state index contributed by atoms with van der Waals surface area (Å²) in [5.74, 6) is 1.47. The highest BCUT2D eigenvalue weighted by molar-refractivity contribution is 5.92. The average molecular weight is 389 g/mol. The van der Waals surface area contributed by atoms with Gasteiger partial charge in [-0.15, -0.1) is 0 Å². The van der Waals surface area contributed by atoms with Crippen LogP contribution >= 0.6 is 0 Å². The number of aryl methyl sites for hydroxylation is 1. The summed E-state index contributed by atoms with van der Waals surface area (Å²) in [6.07, 6.45) is 2.94. The molecule has 0 aliphatic carbocycles. The second-order valence-corrected chi connectivity index (χ2v) is 7.46. The Morgan fingerprint density at radius 3 is 2.93 bits per heavy atom. The normalized spacial score (nSPS) is 16.3. The maximum absolute atomic E-state index is 13.2. The quantitative estimate of drug-likeness (QED) is 0.532. The number of fused-ring (bicyclic) bond motifs is 2. The summed E-state index contributed by atoms with van der Waals surface area (Å²) < 4.78 is 9.82. The Bertz CT molecular complexity index is 1180. The van der Waals surface area contributed by atoms with Gasteiger partial charge in [0, 0.05) is 31.0 Å². The highest BCUT2D eigenvalue weighted by Crippen LogP contribution is 2.30. The van der Waals surface area contributed by atoms with Crippen molar-refractivity contribution in [2.45, 2.75) is 39.4 Å². The van der Waals surface area contributed by atoms with E-state index in [1.807, 2.05) is 42.2 Å². The van der Waals surface area contributed by atoms with Gasteiger partial charge in [0.25, 0.3) is 5.91 Å². The van der Waals surface area contributed by atoms with E-state index in [0.717, 1.165) is 29.8 Å². The van der Waals surface area contributed by atoms with Gasteiger partial charge in [0.05, 0.1) is 23.6 Å². The molecule has 7 heteroatoms. The van der Waals surface area contributed by atoms with E-state index in [-0.39, 0.29) is 11.9 Å². The number of hydrogen-bond donors (Lipinski definition) is 0. The average Bonchev–Trinajstić information content (AvgIpc) is 3.46. The van der Waals surface area contributed by atoms with E-state index in [1.54, 1.807) is 6.07 Å². The zero-order chi connectivity index (χ0) is 20.0. The van der Waals surface area contributed by atoms with E-state index >= 15 is 0 Å². The molecule has 4 aromatic rings. The minimum absolute atomic E-state index is 0.0613. The number of aromatic nitrogens is 4. The van der Waals surface area contributed by atoms with Gasteiger partial charge in [-0.05, 0) is 37.6 Å². The second kappa shape index (κ2) is 6.92. The molecule has 7 nitrogen and oxygen atoms in total. The SMILES string of the molecule is CC[C@@H]1c2cccn2CCN1C(=O)c1cc(Cn2c(C)nc3ccccc32)on1. The van der Waals surface area contributed by atoms with Crippen molar-refractivity contribution in [3.8, 4) is 0 Å². The summed E-state index contributed by atoms with van der Waals surface area (Å²) in [4.78, 5) is 19.7. The first-order valence-corrected chi connectivity index (χ1v) is 9.99. The molecular formula is C22H23N5O2. The van der Waals surface area contributed by atoms with E-state index in [2.05, 4.69) is 38.5 Å². The molecule has 148 valence electrons. The number of hydrogen-bond acceptors (Lipinski definition) is 4. The molecule has 0 saturated heterocycles. The third kappa shape index (κ3) is 2.93. The van der Waals surface area contributed by atoms with Crippen LogP contribution in [0.25, 0.3) is 11.0 Å². The van der Waals surface area contributed by atoms with E-state index in [9.17, 15) is 4.79 Å². The van der Waals surface area contributed by atoms with Crippen molar-refractivity contribution in [1.82, 2.24) is 24.2 Å². The first-order chi connectivity index (χ1) is 14.2. The van der Waals surface area contributed by atoms with Crippen LogP contribution in [-0.4, -0.2) is 36.6 Å². The zero-order valence-electron chi connectivity index (χ0n) is 16.6. The lowest BCUT2D eigenvalue weighted by atomic mass is 10.1. The van der Waals surface area contributed by atoms with Crippen LogP contribution in [0.15, 0.2) is 53.2 Å². The topological polar surface area (TPSA) is 69.1 Å². The number of amides is 1. The third-order valence-electron chi connectivity index (χ3n) is 5.75. The molecule has 1 aromatic carbocycles. The van der Waals surface area contributed by atoms with Crippen LogP contribution in [0.4, 0.5) is 0 Å². The lowest BCUT2D eigenvalue weighted by Crippen LogP contribution is -2.41. The maximum Gasteiger partial charge on any atom is 0.276 e. The standard InChI is InChI=1S/C22H23N5O2/c1-3-19-21-9-6-10-25(21)11-12-26(19)22(28)18-13-16(29-24-18)14-27-15(2)23-17-7-4-5-8-20(17)27/h4-10,13,19H,3,11-12,14H2,1-2H3/t19-/m1/s1. The highest BCUT2D eigenvalue weighted by atomic mass is 16.5. The van der Waals surface area contributed by atoms with Gasteiger partial charge >= 0.3 is 0 Å². The van der Waals surface area contributed by atoms with Crippen molar-refractivity contribution in [2.24, 2.45) is 0 Å². The smallest absolute Gasteiger partial charge is 0.276 e. The minimum Gasteiger partial charge on any atom is -0.359 e. The Kier molecular flexibility index (Phi) is 4.23. The van der Waals surface area contributed by atoms with E-state index < -0.39 is 0 Å². The largest absolute Gasteiger partial charge is 0.359 e. The number of benzene rings is 1. The van der Waals surface area contributed by atoms with Crippen LogP contribution in [0.1, 0.15) is 47.2 Å². The molecule has 3 aromatic heterocycles. The molecule has 1 amide bonds. The van der Waals surface area contributed by atoms with Crippen molar-refractivity contribution in [3.63, 3.8) is 0 Å². The molecule has 0 saturated carbocycles. The molecule has 0 radical (unpaired) electrons. The lowest BCUT2D eigenvalue weighted by molar-refractivity contribution is 0.0607. The molecule has 0 bridgehead atoms. The Balaban J connectivity index is 1.40. The minimum atomic E-state index is -0.0773. The van der Waals surface area contributed by atoms with Crippen LogP contribution in [0, 0.1) is 6.92 Å².